The zero-order valence-electron chi connectivity index (χ0n) is 25.2. The standard InChI is InChI=1S/C33F9N9OS2/c34-22-13(7(1-43)31-49-28(40)10(4-46)52-31)23(35)17-16(22)18-20(26(38)14(24(18)36)8(2-44)32-50-29(41)11(5-47)53-32)21-19(17)25(37)15(27(21)39)9(3-45)33-51-30(42)12(6-48)54-33/b13-7-,14-8+,15-9-. The molecular weight excluding hydrogens is 774 g/mol. The molecule has 0 N–H and O–H groups in total. The van der Waals surface area contributed by atoms with E-state index in [0.717, 1.165) is 0 Å². The molecule has 0 atom stereocenters. The van der Waals surface area contributed by atoms with Gasteiger partial charge in [0.15, 0.2) is 9.75 Å². The number of nitriles is 6. The monoisotopic (exact) mass is 773 g/mol. The van der Waals surface area contributed by atoms with Crippen LogP contribution in [0.5, 0.6) is 0 Å². The van der Waals surface area contributed by atoms with Crippen molar-refractivity contribution in [2.24, 2.45) is 0 Å². The van der Waals surface area contributed by atoms with E-state index < -0.39 is 149 Å². The van der Waals surface area contributed by atoms with Crippen molar-refractivity contribution in [3.05, 3.63) is 97.3 Å². The van der Waals surface area contributed by atoms with Crippen LogP contribution in [0.25, 0.3) is 51.7 Å². The largest absolute Gasteiger partial charge is 0.421 e. The fourth-order valence-corrected chi connectivity index (χ4v) is 7.32. The topological polar surface area (TPSA) is 195 Å². The molecule has 3 aromatic heterocycles. The Hall–Kier alpha value is -7.56. The molecule has 3 aliphatic carbocycles. The van der Waals surface area contributed by atoms with Crippen LogP contribution in [-0.4, -0.2) is 15.0 Å². The van der Waals surface area contributed by atoms with Crippen LogP contribution in [0.2, 0.25) is 0 Å². The Balaban J connectivity index is 1.79. The summed E-state index contributed by atoms with van der Waals surface area (Å²) in [6, 6.07) is 7.96. The third-order valence-corrected chi connectivity index (χ3v) is 9.83. The Kier molecular flexibility index (Phi) is 7.94. The van der Waals surface area contributed by atoms with Crippen molar-refractivity contribution < 1.29 is 43.9 Å². The number of fused-ring (bicyclic) bond motifs is 6. The van der Waals surface area contributed by atoms with Gasteiger partial charge in [-0.05, 0) is 0 Å². The molecule has 0 saturated heterocycles. The third-order valence-electron chi connectivity index (χ3n) is 7.92. The molecule has 21 heteroatoms. The summed E-state index contributed by atoms with van der Waals surface area (Å²) in [5, 5.41) is 47.0. The molecule has 10 nitrogen and oxygen atoms in total. The molecule has 7 rings (SSSR count). The molecule has 54 heavy (non-hydrogen) atoms. The SMILES string of the molecule is N#C/C(=C1/C(F)=c2c(c3c(c4c2=C(F)/C(=C(\C#N)c2nc(F)c(C#N)s2)C=4F)=C(F)/C(=C(\C#N)c2nc(F)c(C#N)s2)C=3F)=C1F)c1nc(F)c(C#N)o1. The maximum absolute atomic E-state index is 16.7. The molecule has 0 spiro atoms. The number of nitrogens with zero attached hydrogens (tertiary/aromatic N) is 9. The van der Waals surface area contributed by atoms with Gasteiger partial charge in [0.2, 0.25) is 17.8 Å². The molecule has 0 saturated carbocycles. The zero-order chi connectivity index (χ0) is 39.1. The van der Waals surface area contributed by atoms with E-state index in [9.17, 15) is 29.0 Å². The van der Waals surface area contributed by atoms with Gasteiger partial charge in [-0.15, -0.1) is 0 Å². The molecule has 258 valence electrons. The Morgan fingerprint density at radius 1 is 0.444 bits per heavy atom. The summed E-state index contributed by atoms with van der Waals surface area (Å²) in [6.07, 6.45) is 0. The summed E-state index contributed by atoms with van der Waals surface area (Å²) < 4.78 is 148. The lowest BCUT2D eigenvalue weighted by Crippen LogP contribution is -2.64. The number of allylic oxidation sites excluding steroid dienone is 6. The highest BCUT2D eigenvalue weighted by molar-refractivity contribution is 7.13. The molecule has 3 aliphatic rings. The van der Waals surface area contributed by atoms with E-state index in [1.54, 1.807) is 0 Å². The molecule has 1 aromatic carbocycles. The van der Waals surface area contributed by atoms with Gasteiger partial charge in [0.05, 0.1) is 16.7 Å². The van der Waals surface area contributed by atoms with Crippen molar-refractivity contribution in [3.8, 4) is 36.4 Å². The van der Waals surface area contributed by atoms with Gasteiger partial charge in [-0.3, -0.25) is 0 Å². The minimum Gasteiger partial charge on any atom is -0.421 e. The van der Waals surface area contributed by atoms with E-state index >= 15 is 26.3 Å². The smallest absolute Gasteiger partial charge is 0.270 e. The summed E-state index contributed by atoms with van der Waals surface area (Å²) in [4.78, 5) is 8.24. The predicted octanol–water partition coefficient (Wildman–Crippen LogP) is 3.06. The zero-order valence-corrected chi connectivity index (χ0v) is 26.8. The first-order valence-electron chi connectivity index (χ1n) is 13.9. The van der Waals surface area contributed by atoms with Crippen LogP contribution in [0.15, 0.2) is 21.1 Å². The summed E-state index contributed by atoms with van der Waals surface area (Å²) in [5.41, 5.74) is -8.10. The van der Waals surface area contributed by atoms with Gasteiger partial charge < -0.3 is 4.42 Å². The fourth-order valence-electron chi connectivity index (χ4n) is 5.83. The number of aromatic nitrogens is 3. The fraction of sp³-hybridized carbons (Fsp3) is 0. The van der Waals surface area contributed by atoms with Crippen molar-refractivity contribution in [2.45, 2.75) is 0 Å². The normalized spacial score (nSPS) is 16.9. The van der Waals surface area contributed by atoms with Crippen LogP contribution in [0.1, 0.15) is 31.4 Å². The first-order chi connectivity index (χ1) is 25.8. The maximum Gasteiger partial charge on any atom is 0.270 e. The van der Waals surface area contributed by atoms with Gasteiger partial charge in [-0.2, -0.15) is 49.7 Å². The lowest BCUT2D eigenvalue weighted by molar-refractivity contribution is 0.509. The van der Waals surface area contributed by atoms with E-state index in [0.29, 0.717) is 0 Å². The summed E-state index contributed by atoms with van der Waals surface area (Å²) in [7, 11) is 0. The molecular formula is C33F9N9OS2. The lowest BCUT2D eigenvalue weighted by atomic mass is 10.1. The Labute approximate surface area is 298 Å². The summed E-state index contributed by atoms with van der Waals surface area (Å²) in [5.74, 6) is -18.8. The van der Waals surface area contributed by atoms with Crippen LogP contribution in [0.3, 0.4) is 0 Å². The molecule has 0 aliphatic heterocycles. The number of thiazole rings is 2. The summed E-state index contributed by atoms with van der Waals surface area (Å²) in [6.45, 7) is 0. The van der Waals surface area contributed by atoms with Crippen molar-refractivity contribution in [3.63, 3.8) is 0 Å². The second kappa shape index (κ2) is 12.3. The maximum atomic E-state index is 16.7. The second-order valence-corrected chi connectivity index (χ2v) is 12.5. The van der Waals surface area contributed by atoms with Crippen molar-refractivity contribution in [1.29, 1.82) is 31.6 Å². The molecule has 3 heterocycles. The Bertz CT molecular complexity index is 2860. The minimum absolute atomic E-state index is 0.143. The molecule has 0 amide bonds. The highest BCUT2D eigenvalue weighted by atomic mass is 32.1. The molecule has 0 unspecified atom stereocenters. The van der Waals surface area contributed by atoms with Gasteiger partial charge in [0, 0.05) is 31.3 Å². The van der Waals surface area contributed by atoms with Crippen LogP contribution in [0.4, 0.5) is 39.5 Å². The first kappa shape index (κ1) is 34.9. The van der Waals surface area contributed by atoms with Crippen molar-refractivity contribution in [1.82, 2.24) is 15.0 Å². The second-order valence-electron chi connectivity index (χ2n) is 10.5. The van der Waals surface area contributed by atoms with Crippen LogP contribution in [0, 0.1) is 85.8 Å². The average molecular weight is 774 g/mol. The van der Waals surface area contributed by atoms with Crippen molar-refractivity contribution in [2.75, 3.05) is 0 Å². The highest BCUT2D eigenvalue weighted by Crippen LogP contribution is 2.38. The van der Waals surface area contributed by atoms with Crippen molar-refractivity contribution >= 4 is 74.4 Å². The van der Waals surface area contributed by atoms with E-state index in [4.69, 9.17) is 20.2 Å². The summed E-state index contributed by atoms with van der Waals surface area (Å²) >= 11 is 0.285. The Morgan fingerprint density at radius 2 is 0.778 bits per heavy atom. The molecule has 4 aromatic rings. The first-order valence-corrected chi connectivity index (χ1v) is 15.5. The highest BCUT2D eigenvalue weighted by Gasteiger charge is 2.39. The number of benzene rings is 1. The number of halogens is 9. The van der Waals surface area contributed by atoms with Crippen LogP contribution in [-0.2, 0) is 0 Å². The predicted molar refractivity (Wildman–Crippen MR) is 164 cm³/mol. The van der Waals surface area contributed by atoms with Gasteiger partial charge in [-0.25, -0.2) is 36.3 Å². The number of rotatable bonds is 3. The van der Waals surface area contributed by atoms with E-state index in [1.165, 1.54) is 36.4 Å². The van der Waals surface area contributed by atoms with Gasteiger partial charge in [0.1, 0.15) is 98.1 Å². The van der Waals surface area contributed by atoms with Gasteiger partial charge in [0.25, 0.3) is 11.7 Å². The molecule has 0 radical (unpaired) electrons. The van der Waals surface area contributed by atoms with Gasteiger partial charge >= 0.3 is 0 Å². The third kappa shape index (κ3) is 4.50. The number of oxazole rings is 1. The molecule has 0 bridgehead atoms. The van der Waals surface area contributed by atoms with Gasteiger partial charge in [-0.1, -0.05) is 22.7 Å². The van der Waals surface area contributed by atoms with E-state index in [2.05, 4.69) is 15.0 Å². The average Bonchev–Trinajstić information content (AvgIpc) is 3.98. The molecule has 0 fully saturated rings. The van der Waals surface area contributed by atoms with Crippen LogP contribution < -0.4 is 31.3 Å². The lowest BCUT2D eigenvalue weighted by Gasteiger charge is -2.01. The van der Waals surface area contributed by atoms with Crippen LogP contribution >= 0.6 is 22.7 Å². The van der Waals surface area contributed by atoms with E-state index in [1.807, 2.05) is 0 Å². The quantitative estimate of drug-likeness (QED) is 0.221. The number of hydrogen-bond acceptors (Lipinski definition) is 12. The Morgan fingerprint density at radius 3 is 1.04 bits per heavy atom. The minimum atomic E-state index is -2.00. The number of hydrogen-bond donors (Lipinski definition) is 0. The van der Waals surface area contributed by atoms with E-state index in [-0.39, 0.29) is 22.7 Å².